The van der Waals surface area contributed by atoms with Crippen molar-refractivity contribution in [3.8, 4) is 17.6 Å². The predicted molar refractivity (Wildman–Crippen MR) is 111 cm³/mol. The third-order valence-electron chi connectivity index (χ3n) is 4.93. The van der Waals surface area contributed by atoms with Crippen molar-refractivity contribution in [1.29, 1.82) is 5.26 Å². The molecule has 7 nitrogen and oxygen atoms in total. The number of carbonyl (C=O) groups is 1. The summed E-state index contributed by atoms with van der Waals surface area (Å²) in [5.41, 5.74) is 0.401. The van der Waals surface area contributed by atoms with Crippen molar-refractivity contribution in [1.82, 2.24) is 4.31 Å². The number of piperidine rings is 1. The summed E-state index contributed by atoms with van der Waals surface area (Å²) in [6.07, 6.45) is 1.60. The Morgan fingerprint density at radius 1 is 1.10 bits per heavy atom. The Balaban J connectivity index is 1.61. The van der Waals surface area contributed by atoms with Crippen LogP contribution in [-0.4, -0.2) is 38.4 Å². The number of benzene rings is 2. The molecule has 0 radical (unpaired) electrons. The van der Waals surface area contributed by atoms with Gasteiger partial charge in [0.1, 0.15) is 0 Å². The lowest BCUT2D eigenvalue weighted by Crippen LogP contribution is -2.41. The summed E-state index contributed by atoms with van der Waals surface area (Å²) in [5.74, 6) is 0.145. The van der Waals surface area contributed by atoms with Crippen molar-refractivity contribution in [3.05, 3.63) is 54.1 Å². The minimum absolute atomic E-state index is 0.143. The van der Waals surface area contributed by atoms with Crippen molar-refractivity contribution >= 4 is 16.0 Å². The summed E-state index contributed by atoms with van der Waals surface area (Å²) in [6, 6.07) is 14.8. The molecule has 0 aromatic heterocycles. The minimum Gasteiger partial charge on any atom is -0.490 e. The molecule has 2 aromatic rings. The number of ether oxygens (including phenoxy) is 2. The first kappa shape index (κ1) is 21.8. The number of para-hydroxylation sites is 2. The van der Waals surface area contributed by atoms with E-state index < -0.39 is 10.0 Å². The molecule has 30 heavy (non-hydrogen) atoms. The molecule has 0 spiro atoms. The Hall–Kier alpha value is -2.89. The predicted octanol–water partition coefficient (Wildman–Crippen LogP) is 3.35. The van der Waals surface area contributed by atoms with Gasteiger partial charge in [0.25, 0.3) is 0 Å². The quantitative estimate of drug-likeness (QED) is 0.496. The van der Waals surface area contributed by atoms with E-state index in [0.29, 0.717) is 36.5 Å². The highest BCUT2D eigenvalue weighted by Gasteiger charge is 2.33. The molecule has 3 rings (SSSR count). The van der Waals surface area contributed by atoms with Gasteiger partial charge in [-0.3, -0.25) is 4.79 Å². The van der Waals surface area contributed by atoms with Gasteiger partial charge in [0.15, 0.2) is 11.5 Å². The van der Waals surface area contributed by atoms with Crippen LogP contribution in [0.2, 0.25) is 0 Å². The Bertz CT molecular complexity index is 1020. The molecule has 0 N–H and O–H groups in total. The number of carbonyl (C=O) groups excluding carboxylic acids is 1. The van der Waals surface area contributed by atoms with Gasteiger partial charge < -0.3 is 9.47 Å². The van der Waals surface area contributed by atoms with E-state index in [-0.39, 0.29) is 29.9 Å². The van der Waals surface area contributed by atoms with E-state index in [4.69, 9.17) is 14.7 Å². The summed E-state index contributed by atoms with van der Waals surface area (Å²) in [7, 11) is -3.66. The first-order valence-corrected chi connectivity index (χ1v) is 11.3. The van der Waals surface area contributed by atoms with Crippen LogP contribution in [0.3, 0.4) is 0 Å². The zero-order valence-electron chi connectivity index (χ0n) is 16.8. The second kappa shape index (κ2) is 9.74. The zero-order chi connectivity index (χ0) is 21.6. The maximum Gasteiger partial charge on any atom is 0.314 e. The van der Waals surface area contributed by atoms with Crippen LogP contribution in [0, 0.1) is 17.2 Å². The minimum atomic E-state index is -3.66. The SMILES string of the molecule is CCCOc1ccccc1OC(=O)C1CCN(S(=O)(=O)c2ccc(C#N)cc2)CC1. The number of sulfonamides is 1. The molecule has 0 amide bonds. The Morgan fingerprint density at radius 2 is 1.73 bits per heavy atom. The molecule has 1 heterocycles. The fourth-order valence-corrected chi connectivity index (χ4v) is 4.71. The molecule has 1 saturated heterocycles. The van der Waals surface area contributed by atoms with E-state index >= 15 is 0 Å². The van der Waals surface area contributed by atoms with Crippen molar-refractivity contribution in [3.63, 3.8) is 0 Å². The van der Waals surface area contributed by atoms with Gasteiger partial charge in [0, 0.05) is 13.1 Å². The average molecular weight is 429 g/mol. The molecular weight excluding hydrogens is 404 g/mol. The van der Waals surface area contributed by atoms with E-state index in [0.717, 1.165) is 6.42 Å². The monoisotopic (exact) mass is 428 g/mol. The maximum atomic E-state index is 12.8. The number of hydrogen-bond acceptors (Lipinski definition) is 6. The Labute approximate surface area is 176 Å². The van der Waals surface area contributed by atoms with Gasteiger partial charge in [0.2, 0.25) is 10.0 Å². The van der Waals surface area contributed by atoms with Gasteiger partial charge in [-0.1, -0.05) is 19.1 Å². The molecule has 0 unspecified atom stereocenters. The van der Waals surface area contributed by atoms with Crippen molar-refractivity contribution in [2.24, 2.45) is 5.92 Å². The Morgan fingerprint density at radius 3 is 2.33 bits per heavy atom. The van der Waals surface area contributed by atoms with Crippen LogP contribution in [0.15, 0.2) is 53.4 Å². The van der Waals surface area contributed by atoms with Crippen molar-refractivity contribution < 1.29 is 22.7 Å². The second-order valence-electron chi connectivity index (χ2n) is 7.03. The maximum absolute atomic E-state index is 12.8. The highest BCUT2D eigenvalue weighted by molar-refractivity contribution is 7.89. The normalized spacial score (nSPS) is 15.3. The third kappa shape index (κ3) is 4.99. The van der Waals surface area contributed by atoms with Crippen LogP contribution in [0.5, 0.6) is 11.5 Å². The van der Waals surface area contributed by atoms with Gasteiger partial charge in [-0.15, -0.1) is 0 Å². The van der Waals surface area contributed by atoms with Crippen LogP contribution < -0.4 is 9.47 Å². The van der Waals surface area contributed by atoms with Gasteiger partial charge in [-0.2, -0.15) is 9.57 Å². The lowest BCUT2D eigenvalue weighted by molar-refractivity contribution is -0.140. The lowest BCUT2D eigenvalue weighted by Gasteiger charge is -2.30. The van der Waals surface area contributed by atoms with E-state index in [1.54, 1.807) is 18.2 Å². The smallest absolute Gasteiger partial charge is 0.314 e. The highest BCUT2D eigenvalue weighted by atomic mass is 32.2. The molecule has 158 valence electrons. The third-order valence-corrected chi connectivity index (χ3v) is 6.84. The van der Waals surface area contributed by atoms with E-state index in [1.807, 2.05) is 19.1 Å². The molecule has 2 aromatic carbocycles. The van der Waals surface area contributed by atoms with Crippen LogP contribution in [0.4, 0.5) is 0 Å². The first-order valence-electron chi connectivity index (χ1n) is 9.89. The zero-order valence-corrected chi connectivity index (χ0v) is 17.6. The number of rotatable bonds is 7. The van der Waals surface area contributed by atoms with Crippen molar-refractivity contribution in [2.75, 3.05) is 19.7 Å². The van der Waals surface area contributed by atoms with Crippen LogP contribution in [-0.2, 0) is 14.8 Å². The fourth-order valence-electron chi connectivity index (χ4n) is 3.24. The average Bonchev–Trinajstić information content (AvgIpc) is 2.78. The number of esters is 1. The molecule has 8 heteroatoms. The second-order valence-corrected chi connectivity index (χ2v) is 8.97. The van der Waals surface area contributed by atoms with E-state index in [2.05, 4.69) is 0 Å². The number of nitriles is 1. The molecule has 1 aliphatic rings. The van der Waals surface area contributed by atoms with Crippen LogP contribution >= 0.6 is 0 Å². The molecule has 1 aliphatic heterocycles. The van der Waals surface area contributed by atoms with Crippen LogP contribution in [0.25, 0.3) is 0 Å². The molecule has 0 saturated carbocycles. The van der Waals surface area contributed by atoms with Gasteiger partial charge in [0.05, 0.1) is 29.1 Å². The van der Waals surface area contributed by atoms with Crippen LogP contribution in [0.1, 0.15) is 31.7 Å². The van der Waals surface area contributed by atoms with Gasteiger partial charge in [-0.25, -0.2) is 8.42 Å². The standard InChI is InChI=1S/C22H24N2O5S/c1-2-15-28-20-5-3-4-6-21(20)29-22(25)18-11-13-24(14-12-18)30(26,27)19-9-7-17(16-23)8-10-19/h3-10,18H,2,11-15H2,1H3. The molecular formula is C22H24N2O5S. The summed E-state index contributed by atoms with van der Waals surface area (Å²) in [4.78, 5) is 12.8. The topological polar surface area (TPSA) is 96.7 Å². The Kier molecular flexibility index (Phi) is 7.08. The lowest BCUT2D eigenvalue weighted by atomic mass is 9.98. The summed E-state index contributed by atoms with van der Waals surface area (Å²) >= 11 is 0. The number of nitrogens with zero attached hydrogens (tertiary/aromatic N) is 2. The summed E-state index contributed by atoms with van der Waals surface area (Å²) < 4.78 is 38.2. The van der Waals surface area contributed by atoms with Crippen molar-refractivity contribution in [2.45, 2.75) is 31.1 Å². The van der Waals surface area contributed by atoms with Gasteiger partial charge >= 0.3 is 5.97 Å². The summed E-state index contributed by atoms with van der Waals surface area (Å²) in [5, 5.41) is 8.87. The fraction of sp³-hybridized carbons (Fsp3) is 0.364. The van der Waals surface area contributed by atoms with Gasteiger partial charge in [-0.05, 0) is 55.7 Å². The molecule has 0 bridgehead atoms. The number of hydrogen-bond donors (Lipinski definition) is 0. The molecule has 1 fully saturated rings. The van der Waals surface area contributed by atoms with E-state index in [1.165, 1.54) is 28.6 Å². The van der Waals surface area contributed by atoms with E-state index in [9.17, 15) is 13.2 Å². The highest BCUT2D eigenvalue weighted by Crippen LogP contribution is 2.30. The first-order chi connectivity index (χ1) is 14.5. The molecule has 0 atom stereocenters. The summed E-state index contributed by atoms with van der Waals surface area (Å²) in [6.45, 7) is 2.99. The largest absolute Gasteiger partial charge is 0.490 e. The molecule has 0 aliphatic carbocycles.